The predicted octanol–water partition coefficient (Wildman–Crippen LogP) is 4.65. The van der Waals surface area contributed by atoms with Crippen molar-refractivity contribution in [3.63, 3.8) is 0 Å². The van der Waals surface area contributed by atoms with Gasteiger partial charge in [-0.3, -0.25) is 9.59 Å². The molecular weight excluding hydrogens is 550 g/mol. The molecule has 0 fully saturated rings. The Labute approximate surface area is 252 Å². The van der Waals surface area contributed by atoms with Gasteiger partial charge in [0.2, 0.25) is 5.91 Å². The summed E-state index contributed by atoms with van der Waals surface area (Å²) in [5, 5.41) is 25.4. The number of rotatable bonds is 11. The quantitative estimate of drug-likeness (QED) is 0.255. The number of hydrogen-bond donors (Lipinski definition) is 4. The Bertz CT molecular complexity index is 1400. The van der Waals surface area contributed by atoms with E-state index in [9.17, 15) is 24.6 Å². The molecule has 0 aliphatic heterocycles. The lowest BCUT2D eigenvalue weighted by Crippen LogP contribution is -2.54. The number of hydrogen-bond acceptors (Lipinski definition) is 7. The highest BCUT2D eigenvalue weighted by atomic mass is 16.6. The van der Waals surface area contributed by atoms with Crippen LogP contribution in [0.3, 0.4) is 0 Å². The average Bonchev–Trinajstić information content (AvgIpc) is 2.94. The normalized spacial score (nSPS) is 12.5. The second kappa shape index (κ2) is 14.6. The molecule has 2 unspecified atom stereocenters. The van der Waals surface area contributed by atoms with Crippen molar-refractivity contribution in [3.8, 4) is 11.5 Å². The molecule has 4 N–H and O–H groups in total. The summed E-state index contributed by atoms with van der Waals surface area (Å²) in [6, 6.07) is 16.2. The van der Waals surface area contributed by atoms with E-state index in [4.69, 9.17) is 9.47 Å². The number of aliphatic hydroxyl groups excluding tert-OH is 1. The van der Waals surface area contributed by atoms with Gasteiger partial charge >= 0.3 is 6.09 Å². The number of aromatic hydroxyl groups is 1. The third kappa shape index (κ3) is 9.21. The number of benzene rings is 3. The number of methoxy groups -OCH3 is 1. The van der Waals surface area contributed by atoms with E-state index >= 15 is 0 Å². The summed E-state index contributed by atoms with van der Waals surface area (Å²) in [5.41, 5.74) is 2.63. The van der Waals surface area contributed by atoms with Crippen molar-refractivity contribution in [1.29, 1.82) is 0 Å². The zero-order valence-corrected chi connectivity index (χ0v) is 25.5. The van der Waals surface area contributed by atoms with Crippen LogP contribution >= 0.6 is 0 Å². The Morgan fingerprint density at radius 3 is 2.19 bits per heavy atom. The Hall–Kier alpha value is -4.57. The number of anilines is 1. The van der Waals surface area contributed by atoms with Crippen LogP contribution in [0.2, 0.25) is 0 Å². The molecule has 0 radical (unpaired) electrons. The van der Waals surface area contributed by atoms with Crippen molar-refractivity contribution in [1.82, 2.24) is 10.2 Å². The molecule has 3 amide bonds. The third-order valence-corrected chi connectivity index (χ3v) is 6.85. The van der Waals surface area contributed by atoms with E-state index in [1.54, 1.807) is 76.4 Å². The van der Waals surface area contributed by atoms with Crippen LogP contribution in [0.4, 0.5) is 10.5 Å². The van der Waals surface area contributed by atoms with Gasteiger partial charge in [0.1, 0.15) is 29.2 Å². The number of amides is 3. The number of carbonyl (C=O) groups excluding carboxylic acids is 3. The maximum Gasteiger partial charge on any atom is 0.408 e. The van der Waals surface area contributed by atoms with Gasteiger partial charge in [0.25, 0.3) is 5.91 Å². The molecule has 230 valence electrons. The first kappa shape index (κ1) is 32.9. The zero-order chi connectivity index (χ0) is 31.7. The molecule has 3 rings (SSSR count). The SMILES string of the molecule is COc1ccc(NC(=O)C(c2cccc(C)c2C)N(CCO)C(=O)C(Cc2ccc(O)cc2)NC(=O)OC(C)(C)C)cc1. The lowest BCUT2D eigenvalue weighted by Gasteiger charge is -2.35. The number of phenolic OH excluding ortho intramolecular Hbond substituents is 1. The molecule has 0 aromatic heterocycles. The number of aliphatic hydroxyl groups is 1. The van der Waals surface area contributed by atoms with Crippen LogP contribution in [0.25, 0.3) is 0 Å². The van der Waals surface area contributed by atoms with Crippen molar-refractivity contribution in [2.24, 2.45) is 0 Å². The molecule has 0 aliphatic carbocycles. The molecule has 3 aromatic carbocycles. The topological polar surface area (TPSA) is 137 Å². The number of carbonyl (C=O) groups is 3. The maximum atomic E-state index is 14.4. The number of aryl methyl sites for hydroxylation is 1. The molecule has 2 atom stereocenters. The van der Waals surface area contributed by atoms with Gasteiger partial charge < -0.3 is 35.2 Å². The summed E-state index contributed by atoms with van der Waals surface area (Å²) in [5.74, 6) is -0.421. The molecule has 0 aliphatic rings. The van der Waals surface area contributed by atoms with Crippen molar-refractivity contribution >= 4 is 23.6 Å². The van der Waals surface area contributed by atoms with Crippen LogP contribution in [0, 0.1) is 13.8 Å². The first-order valence-electron chi connectivity index (χ1n) is 14.0. The Morgan fingerprint density at radius 2 is 1.60 bits per heavy atom. The number of nitrogens with one attached hydrogen (secondary N) is 2. The summed E-state index contributed by atoms with van der Waals surface area (Å²) in [6.07, 6.45) is -0.764. The van der Waals surface area contributed by atoms with Gasteiger partial charge in [0, 0.05) is 18.7 Å². The number of ether oxygens (including phenoxy) is 2. The summed E-state index contributed by atoms with van der Waals surface area (Å²) in [6.45, 7) is 8.29. The Balaban J connectivity index is 2.07. The summed E-state index contributed by atoms with van der Waals surface area (Å²) < 4.78 is 10.7. The van der Waals surface area contributed by atoms with Crippen LogP contribution in [0.5, 0.6) is 11.5 Å². The highest BCUT2D eigenvalue weighted by Gasteiger charge is 2.37. The third-order valence-electron chi connectivity index (χ3n) is 6.85. The molecular formula is C33H41N3O7. The van der Waals surface area contributed by atoms with E-state index in [0.29, 0.717) is 22.6 Å². The van der Waals surface area contributed by atoms with Crippen molar-refractivity contribution < 1.29 is 34.1 Å². The first-order valence-corrected chi connectivity index (χ1v) is 14.0. The van der Waals surface area contributed by atoms with Crippen LogP contribution in [-0.2, 0) is 20.7 Å². The molecule has 0 bridgehead atoms. The van der Waals surface area contributed by atoms with E-state index in [1.807, 2.05) is 19.9 Å². The van der Waals surface area contributed by atoms with E-state index in [0.717, 1.165) is 11.1 Å². The van der Waals surface area contributed by atoms with Gasteiger partial charge in [0.15, 0.2) is 0 Å². The van der Waals surface area contributed by atoms with Crippen LogP contribution < -0.4 is 15.4 Å². The average molecular weight is 592 g/mol. The standard InChI is InChI=1S/C33H41N3O7/c1-21-8-7-9-27(22(21)2)29(30(39)34-24-12-16-26(42-6)17-13-24)36(18-19-37)31(40)28(35-32(41)43-33(3,4)5)20-23-10-14-25(38)15-11-23/h7-17,28-29,37-38H,18-20H2,1-6H3,(H,34,39)(H,35,41). The van der Waals surface area contributed by atoms with Crippen molar-refractivity contribution in [2.75, 3.05) is 25.6 Å². The summed E-state index contributed by atoms with van der Waals surface area (Å²) in [4.78, 5) is 42.5. The van der Waals surface area contributed by atoms with Gasteiger partial charge in [0.05, 0.1) is 13.7 Å². The molecule has 3 aromatic rings. The fourth-order valence-electron chi connectivity index (χ4n) is 4.60. The highest BCUT2D eigenvalue weighted by Crippen LogP contribution is 2.29. The lowest BCUT2D eigenvalue weighted by atomic mass is 9.94. The number of phenols is 1. The number of alkyl carbamates (subject to hydrolysis) is 1. The maximum absolute atomic E-state index is 14.4. The minimum atomic E-state index is -1.16. The monoisotopic (exact) mass is 591 g/mol. The second-order valence-corrected chi connectivity index (χ2v) is 11.2. The minimum absolute atomic E-state index is 0.0416. The van der Waals surface area contributed by atoms with E-state index in [1.165, 1.54) is 17.0 Å². The molecule has 0 saturated heterocycles. The summed E-state index contributed by atoms with van der Waals surface area (Å²) >= 11 is 0. The Morgan fingerprint density at radius 1 is 0.953 bits per heavy atom. The van der Waals surface area contributed by atoms with Gasteiger partial charge in [-0.05, 0) is 93.3 Å². The van der Waals surface area contributed by atoms with Gasteiger partial charge in [-0.25, -0.2) is 4.79 Å². The van der Waals surface area contributed by atoms with Crippen molar-refractivity contribution in [3.05, 3.63) is 89.0 Å². The molecule has 10 heteroatoms. The molecule has 10 nitrogen and oxygen atoms in total. The molecule has 0 saturated carbocycles. The van der Waals surface area contributed by atoms with E-state index in [-0.39, 0.29) is 18.7 Å². The zero-order valence-electron chi connectivity index (χ0n) is 25.5. The van der Waals surface area contributed by atoms with Crippen molar-refractivity contribution in [2.45, 2.75) is 58.7 Å². The van der Waals surface area contributed by atoms with Gasteiger partial charge in [-0.2, -0.15) is 0 Å². The summed E-state index contributed by atoms with van der Waals surface area (Å²) in [7, 11) is 1.54. The van der Waals surface area contributed by atoms with Crippen LogP contribution in [0.15, 0.2) is 66.7 Å². The smallest absolute Gasteiger partial charge is 0.408 e. The largest absolute Gasteiger partial charge is 0.508 e. The van der Waals surface area contributed by atoms with E-state index < -0.39 is 42.2 Å². The molecule has 43 heavy (non-hydrogen) atoms. The van der Waals surface area contributed by atoms with Gasteiger partial charge in [-0.15, -0.1) is 0 Å². The minimum Gasteiger partial charge on any atom is -0.508 e. The van der Waals surface area contributed by atoms with Gasteiger partial charge in [-0.1, -0.05) is 30.3 Å². The second-order valence-electron chi connectivity index (χ2n) is 11.2. The molecule has 0 spiro atoms. The fourth-order valence-corrected chi connectivity index (χ4v) is 4.60. The van der Waals surface area contributed by atoms with E-state index in [2.05, 4.69) is 10.6 Å². The first-order chi connectivity index (χ1) is 20.3. The predicted molar refractivity (Wildman–Crippen MR) is 164 cm³/mol. The van der Waals surface area contributed by atoms with Crippen LogP contribution in [0.1, 0.15) is 49.1 Å². The Kier molecular flexibility index (Phi) is 11.1. The number of nitrogens with zero attached hydrogens (tertiary/aromatic N) is 1. The van der Waals surface area contributed by atoms with Crippen LogP contribution in [-0.4, -0.2) is 64.9 Å². The highest BCUT2D eigenvalue weighted by molar-refractivity contribution is 5.99. The fraction of sp³-hybridized carbons (Fsp3) is 0.364. The lowest BCUT2D eigenvalue weighted by molar-refractivity contribution is -0.141. The molecule has 0 heterocycles.